The third-order valence-electron chi connectivity index (χ3n) is 5.94. The van der Waals surface area contributed by atoms with Crippen LogP contribution in [0.5, 0.6) is 0 Å². The van der Waals surface area contributed by atoms with Crippen molar-refractivity contribution in [3.05, 3.63) is 104 Å². The molecule has 4 aromatic rings. The smallest absolute Gasteiger partial charge is 0.280 e. The number of halogens is 4. The van der Waals surface area contributed by atoms with Crippen molar-refractivity contribution in [3.63, 3.8) is 0 Å². The Bertz CT molecular complexity index is 1600. The van der Waals surface area contributed by atoms with Crippen LogP contribution < -0.4 is 16.7 Å². The topological polar surface area (TPSA) is 93.2 Å². The van der Waals surface area contributed by atoms with Gasteiger partial charge in [-0.1, -0.05) is 41.4 Å². The Morgan fingerprint density at radius 3 is 2.44 bits per heavy atom. The number of para-hydroxylation sites is 1. The second kappa shape index (κ2) is 12.3. The number of terminal acetylenes is 1. The van der Waals surface area contributed by atoms with Crippen LogP contribution in [0.2, 0.25) is 10.0 Å². The van der Waals surface area contributed by atoms with Crippen molar-refractivity contribution in [2.24, 2.45) is 5.73 Å². The summed E-state index contributed by atoms with van der Waals surface area (Å²) in [6.45, 7) is 0.145. The largest absolute Gasteiger partial charge is 0.330 e. The van der Waals surface area contributed by atoms with E-state index in [1.54, 1.807) is 36.4 Å². The molecule has 200 valence electrons. The predicted molar refractivity (Wildman–Crippen MR) is 149 cm³/mol. The lowest BCUT2D eigenvalue weighted by molar-refractivity contribution is 0.0656. The van der Waals surface area contributed by atoms with Gasteiger partial charge in [-0.05, 0) is 55.4 Å². The van der Waals surface area contributed by atoms with Crippen LogP contribution in [-0.2, 0) is 0 Å². The summed E-state index contributed by atoms with van der Waals surface area (Å²) in [4.78, 5) is 33.2. The number of nitrogens with one attached hydrogen (secondary N) is 1. The molecule has 0 fully saturated rings. The maximum absolute atomic E-state index is 14.8. The number of carbonyl (C=O) groups excluding carboxylic acids is 1. The molecule has 39 heavy (non-hydrogen) atoms. The minimum Gasteiger partial charge on any atom is -0.330 e. The van der Waals surface area contributed by atoms with E-state index in [9.17, 15) is 18.4 Å². The van der Waals surface area contributed by atoms with Crippen LogP contribution in [0.1, 0.15) is 35.1 Å². The fourth-order valence-electron chi connectivity index (χ4n) is 4.15. The molecule has 0 saturated heterocycles. The van der Waals surface area contributed by atoms with Crippen LogP contribution in [0.25, 0.3) is 10.9 Å². The fraction of sp³-hybridized carbons (Fsp3) is 0.179. The lowest BCUT2D eigenvalue weighted by Crippen LogP contribution is -2.42. The summed E-state index contributed by atoms with van der Waals surface area (Å²) >= 11 is 11.9. The van der Waals surface area contributed by atoms with Gasteiger partial charge in [0.15, 0.2) is 5.82 Å². The standard InChI is InChI=1S/C28H23Cl2F2N5O2/c1-2-7-24(36(13-6-12-33)28(39)25-21(31)14-18(30)15-22(25)32)26-34-23-16-17(29)10-11-20(23)27(38)37(26)35-19-8-4-3-5-9-19/h1,3-5,8-11,14-16,24,35H,6-7,12-13,33H2/t24-/m1/s1. The van der Waals surface area contributed by atoms with Crippen molar-refractivity contribution in [2.75, 3.05) is 18.5 Å². The molecule has 4 rings (SSSR count). The molecule has 11 heteroatoms. The number of hydrogen-bond acceptors (Lipinski definition) is 5. The van der Waals surface area contributed by atoms with E-state index >= 15 is 0 Å². The Labute approximate surface area is 233 Å². The van der Waals surface area contributed by atoms with Gasteiger partial charge in [0.05, 0.1) is 16.6 Å². The van der Waals surface area contributed by atoms with Crippen molar-refractivity contribution in [1.82, 2.24) is 14.6 Å². The van der Waals surface area contributed by atoms with E-state index in [0.717, 1.165) is 12.1 Å². The van der Waals surface area contributed by atoms with E-state index in [-0.39, 0.29) is 47.7 Å². The average molecular weight is 570 g/mol. The van der Waals surface area contributed by atoms with Gasteiger partial charge in [-0.2, -0.15) is 0 Å². The highest BCUT2D eigenvalue weighted by atomic mass is 35.5. The molecule has 0 bridgehead atoms. The molecule has 1 aromatic heterocycles. The molecule has 1 heterocycles. The van der Waals surface area contributed by atoms with Crippen LogP contribution in [0.3, 0.4) is 0 Å². The van der Waals surface area contributed by atoms with Crippen LogP contribution in [0, 0.1) is 24.0 Å². The van der Waals surface area contributed by atoms with E-state index in [1.165, 1.54) is 21.7 Å². The summed E-state index contributed by atoms with van der Waals surface area (Å²) < 4.78 is 30.9. The van der Waals surface area contributed by atoms with Gasteiger partial charge in [0.2, 0.25) is 0 Å². The SMILES string of the molecule is C#CC[C@H](c1nc2cc(Cl)ccc2c(=O)n1Nc1ccccc1)N(CCCN)C(=O)c1c(F)cc(Cl)cc1F. The van der Waals surface area contributed by atoms with Gasteiger partial charge >= 0.3 is 0 Å². The summed E-state index contributed by atoms with van der Waals surface area (Å²) in [5, 5.41) is 0.383. The van der Waals surface area contributed by atoms with E-state index in [2.05, 4.69) is 16.3 Å². The number of amides is 1. The first kappa shape index (κ1) is 28.0. The Balaban J connectivity index is 1.96. The minimum absolute atomic E-state index is 0.0298. The molecule has 0 aliphatic carbocycles. The Morgan fingerprint density at radius 1 is 1.10 bits per heavy atom. The zero-order valence-electron chi connectivity index (χ0n) is 20.5. The van der Waals surface area contributed by atoms with Crippen molar-refractivity contribution < 1.29 is 13.6 Å². The molecule has 1 amide bonds. The first-order chi connectivity index (χ1) is 18.7. The highest BCUT2D eigenvalue weighted by molar-refractivity contribution is 6.31. The summed E-state index contributed by atoms with van der Waals surface area (Å²) in [5.41, 5.74) is 8.23. The molecule has 0 saturated carbocycles. The first-order valence-corrected chi connectivity index (χ1v) is 12.6. The second-order valence-corrected chi connectivity index (χ2v) is 9.43. The van der Waals surface area contributed by atoms with E-state index in [0.29, 0.717) is 10.7 Å². The van der Waals surface area contributed by atoms with Gasteiger partial charge in [-0.15, -0.1) is 12.3 Å². The number of fused-ring (bicyclic) bond motifs is 1. The number of carbonyl (C=O) groups is 1. The number of anilines is 1. The third kappa shape index (κ3) is 6.04. The van der Waals surface area contributed by atoms with Crippen LogP contribution >= 0.6 is 23.2 Å². The molecular formula is C28H23Cl2F2N5O2. The molecule has 3 N–H and O–H groups in total. The highest BCUT2D eigenvalue weighted by Crippen LogP contribution is 2.29. The van der Waals surface area contributed by atoms with Gasteiger partial charge < -0.3 is 10.6 Å². The number of benzene rings is 3. The molecule has 3 aromatic carbocycles. The molecule has 0 radical (unpaired) electrons. The summed E-state index contributed by atoms with van der Waals surface area (Å²) in [5.74, 6) is -0.742. The summed E-state index contributed by atoms with van der Waals surface area (Å²) in [6, 6.07) is 14.0. The molecule has 1 atom stereocenters. The molecule has 0 spiro atoms. The lowest BCUT2D eigenvalue weighted by atomic mass is 10.1. The van der Waals surface area contributed by atoms with Gasteiger partial charge in [0.25, 0.3) is 11.5 Å². The monoisotopic (exact) mass is 569 g/mol. The molecule has 0 aliphatic rings. The normalized spacial score (nSPS) is 11.7. The maximum atomic E-state index is 14.8. The van der Waals surface area contributed by atoms with Crippen molar-refractivity contribution in [2.45, 2.75) is 18.9 Å². The van der Waals surface area contributed by atoms with Crippen LogP contribution in [0.15, 0.2) is 65.5 Å². The number of rotatable bonds is 9. The number of nitrogens with two attached hydrogens (primary N) is 1. The molecule has 0 aliphatic heterocycles. The summed E-state index contributed by atoms with van der Waals surface area (Å²) in [7, 11) is 0. The van der Waals surface area contributed by atoms with E-state index < -0.39 is 34.7 Å². The van der Waals surface area contributed by atoms with Gasteiger partial charge in [0, 0.05) is 23.0 Å². The summed E-state index contributed by atoms with van der Waals surface area (Å²) in [6.07, 6.45) is 5.83. The fourth-order valence-corrected chi connectivity index (χ4v) is 4.51. The van der Waals surface area contributed by atoms with Crippen LogP contribution in [-0.4, -0.2) is 33.6 Å². The van der Waals surface area contributed by atoms with Gasteiger partial charge in [-0.25, -0.2) is 18.4 Å². The number of nitrogens with zero attached hydrogens (tertiary/aromatic N) is 3. The van der Waals surface area contributed by atoms with Gasteiger partial charge in [0.1, 0.15) is 23.2 Å². The second-order valence-electron chi connectivity index (χ2n) is 8.56. The predicted octanol–water partition coefficient (Wildman–Crippen LogP) is 5.41. The van der Waals surface area contributed by atoms with Crippen molar-refractivity contribution >= 4 is 45.7 Å². The van der Waals surface area contributed by atoms with Crippen molar-refractivity contribution in [3.8, 4) is 12.3 Å². The van der Waals surface area contributed by atoms with Crippen molar-refractivity contribution in [1.29, 1.82) is 0 Å². The van der Waals surface area contributed by atoms with Gasteiger partial charge in [-0.3, -0.25) is 15.0 Å². The zero-order chi connectivity index (χ0) is 28.1. The molecular weight excluding hydrogens is 547 g/mol. The number of aromatic nitrogens is 2. The quantitative estimate of drug-likeness (QED) is 0.263. The first-order valence-electron chi connectivity index (χ1n) is 11.9. The zero-order valence-corrected chi connectivity index (χ0v) is 22.0. The Morgan fingerprint density at radius 2 is 1.79 bits per heavy atom. The maximum Gasteiger partial charge on any atom is 0.280 e. The average Bonchev–Trinajstić information content (AvgIpc) is 2.89. The lowest BCUT2D eigenvalue weighted by Gasteiger charge is -2.32. The number of hydrogen-bond donors (Lipinski definition) is 2. The highest BCUT2D eigenvalue weighted by Gasteiger charge is 2.33. The third-order valence-corrected chi connectivity index (χ3v) is 6.40. The Kier molecular flexibility index (Phi) is 8.82. The van der Waals surface area contributed by atoms with Crippen LogP contribution in [0.4, 0.5) is 14.5 Å². The molecule has 0 unspecified atom stereocenters. The Hall–Kier alpha value is -3.97. The minimum atomic E-state index is -1.14. The molecule has 7 nitrogen and oxygen atoms in total. The van der Waals surface area contributed by atoms with E-state index in [1.807, 2.05) is 0 Å². The van der Waals surface area contributed by atoms with E-state index in [4.69, 9.17) is 35.4 Å².